The van der Waals surface area contributed by atoms with Gasteiger partial charge in [-0.2, -0.15) is 0 Å². The molecule has 1 atom stereocenters. The fraction of sp³-hybridized carbons (Fsp3) is 0.588. The van der Waals surface area contributed by atoms with Gasteiger partial charge in [0.25, 0.3) is 5.91 Å². The van der Waals surface area contributed by atoms with Crippen LogP contribution in [0.15, 0.2) is 21.9 Å². The van der Waals surface area contributed by atoms with Gasteiger partial charge in [-0.25, -0.2) is 0 Å². The summed E-state index contributed by atoms with van der Waals surface area (Å²) in [4.78, 5) is 17.5. The van der Waals surface area contributed by atoms with Crippen molar-refractivity contribution >= 4 is 17.2 Å². The summed E-state index contributed by atoms with van der Waals surface area (Å²) in [5.74, 6) is 1.81. The van der Waals surface area contributed by atoms with E-state index in [0.29, 0.717) is 11.8 Å². The van der Waals surface area contributed by atoms with Crippen LogP contribution in [0.5, 0.6) is 0 Å². The Hall–Kier alpha value is -1.73. The summed E-state index contributed by atoms with van der Waals surface area (Å²) in [6, 6.07) is 3.98. The van der Waals surface area contributed by atoms with Gasteiger partial charge in [-0.1, -0.05) is 19.9 Å². The second-order valence-electron chi connectivity index (χ2n) is 7.41. The summed E-state index contributed by atoms with van der Waals surface area (Å²) in [5.41, 5.74) is 0.165. The van der Waals surface area contributed by atoms with Gasteiger partial charge in [0.1, 0.15) is 0 Å². The number of aromatic nitrogens is 2. The molecule has 0 saturated carbocycles. The molecule has 0 N–H and O–H groups in total. The Morgan fingerprint density at radius 1 is 1.38 bits per heavy atom. The van der Waals surface area contributed by atoms with Gasteiger partial charge in [-0.15, -0.1) is 21.5 Å². The molecular formula is C17H22N4O2S. The van der Waals surface area contributed by atoms with E-state index in [1.165, 1.54) is 11.3 Å². The van der Waals surface area contributed by atoms with Crippen LogP contribution in [0.2, 0.25) is 0 Å². The number of thiophene rings is 1. The van der Waals surface area contributed by atoms with Crippen LogP contribution < -0.4 is 0 Å². The highest BCUT2D eigenvalue weighted by Gasteiger charge is 2.53. The Kier molecular flexibility index (Phi) is 3.73. The molecule has 1 spiro atoms. The molecule has 0 bridgehead atoms. The predicted molar refractivity (Wildman–Crippen MR) is 91.0 cm³/mol. The number of carbonyl (C=O) groups excluding carboxylic acids is 1. The fourth-order valence-corrected chi connectivity index (χ4v) is 4.54. The molecule has 7 heteroatoms. The predicted octanol–water partition coefficient (Wildman–Crippen LogP) is 2.77. The van der Waals surface area contributed by atoms with E-state index in [-0.39, 0.29) is 23.3 Å². The molecule has 1 unspecified atom stereocenters. The van der Waals surface area contributed by atoms with Gasteiger partial charge < -0.3 is 9.32 Å². The topological polar surface area (TPSA) is 62.5 Å². The lowest BCUT2D eigenvalue weighted by Gasteiger charge is -2.47. The lowest BCUT2D eigenvalue weighted by atomic mass is 9.77. The van der Waals surface area contributed by atoms with Crippen LogP contribution in [0.25, 0.3) is 0 Å². The minimum absolute atomic E-state index is 0.154. The lowest BCUT2D eigenvalue weighted by molar-refractivity contribution is 0.0119. The number of hydrogen-bond donors (Lipinski definition) is 0. The van der Waals surface area contributed by atoms with Crippen molar-refractivity contribution in [3.05, 3.63) is 34.2 Å². The van der Waals surface area contributed by atoms with Crippen LogP contribution in [0.1, 0.15) is 53.7 Å². The Balaban J connectivity index is 1.43. The molecule has 128 valence electrons. The highest BCUT2D eigenvalue weighted by atomic mass is 32.1. The molecule has 0 radical (unpaired) electrons. The number of hydrogen-bond acceptors (Lipinski definition) is 6. The smallest absolute Gasteiger partial charge is 0.263 e. The van der Waals surface area contributed by atoms with Crippen molar-refractivity contribution in [2.45, 2.75) is 32.2 Å². The molecule has 0 aliphatic carbocycles. The molecule has 2 aliphatic rings. The zero-order valence-electron chi connectivity index (χ0n) is 14.2. The molecule has 2 aliphatic heterocycles. The van der Waals surface area contributed by atoms with E-state index < -0.39 is 0 Å². The number of rotatable bonds is 3. The monoisotopic (exact) mass is 346 g/mol. The summed E-state index contributed by atoms with van der Waals surface area (Å²) < 4.78 is 5.85. The summed E-state index contributed by atoms with van der Waals surface area (Å²) >= 11 is 1.51. The van der Waals surface area contributed by atoms with Crippen LogP contribution >= 0.6 is 11.3 Å². The number of amides is 1. The number of nitrogens with zero attached hydrogens (tertiary/aromatic N) is 4. The van der Waals surface area contributed by atoms with Crippen LogP contribution in [-0.2, 0) is 0 Å². The normalized spacial score (nSPS) is 23.2. The average Bonchev–Trinajstić information content (AvgIpc) is 3.23. The molecule has 0 aromatic carbocycles. The van der Waals surface area contributed by atoms with E-state index in [9.17, 15) is 4.79 Å². The zero-order valence-corrected chi connectivity index (χ0v) is 15.0. The molecule has 2 saturated heterocycles. The van der Waals surface area contributed by atoms with Gasteiger partial charge in [0.2, 0.25) is 11.8 Å². The zero-order chi connectivity index (χ0) is 16.9. The first kappa shape index (κ1) is 15.8. The quantitative estimate of drug-likeness (QED) is 0.855. The first-order chi connectivity index (χ1) is 11.5. The van der Waals surface area contributed by atoms with E-state index in [2.05, 4.69) is 36.0 Å². The molecule has 6 nitrogen and oxygen atoms in total. The van der Waals surface area contributed by atoms with E-state index in [1.54, 1.807) is 0 Å². The molecule has 4 rings (SSSR count). The van der Waals surface area contributed by atoms with E-state index >= 15 is 0 Å². The third-order valence-corrected chi connectivity index (χ3v) is 5.91. The summed E-state index contributed by atoms with van der Waals surface area (Å²) in [7, 11) is 2.10. The van der Waals surface area contributed by atoms with Gasteiger partial charge in [0.05, 0.1) is 10.9 Å². The highest BCUT2D eigenvalue weighted by molar-refractivity contribution is 7.12. The molecular weight excluding hydrogens is 324 g/mol. The minimum Gasteiger partial charge on any atom is -0.423 e. The van der Waals surface area contributed by atoms with Gasteiger partial charge in [0.15, 0.2) is 0 Å². The van der Waals surface area contributed by atoms with Gasteiger partial charge in [-0.3, -0.25) is 9.69 Å². The van der Waals surface area contributed by atoms with Crippen molar-refractivity contribution in [2.75, 3.05) is 26.7 Å². The van der Waals surface area contributed by atoms with E-state index in [1.807, 2.05) is 22.4 Å². The number of likely N-dealkylation sites (tertiary alicyclic amines) is 2. The standard InChI is InChI=1S/C17H22N4O2S/c1-11(2)14-18-19-15(23-14)12-7-17(8-20(12)3)9-21(10-17)16(22)13-5-4-6-24-13/h4-6,11-12H,7-10H2,1-3H3. The van der Waals surface area contributed by atoms with Crippen molar-refractivity contribution in [2.24, 2.45) is 5.41 Å². The van der Waals surface area contributed by atoms with Crippen molar-refractivity contribution in [3.8, 4) is 0 Å². The maximum Gasteiger partial charge on any atom is 0.263 e. The molecule has 2 fully saturated rings. The minimum atomic E-state index is 0.154. The SMILES string of the molecule is CC(C)c1nnc(C2CC3(CN(C(=O)c4cccs4)C3)CN2C)o1. The van der Waals surface area contributed by atoms with Crippen molar-refractivity contribution in [1.82, 2.24) is 20.0 Å². The Morgan fingerprint density at radius 2 is 2.17 bits per heavy atom. The molecule has 4 heterocycles. The van der Waals surface area contributed by atoms with Crippen molar-refractivity contribution < 1.29 is 9.21 Å². The first-order valence-electron chi connectivity index (χ1n) is 8.34. The van der Waals surface area contributed by atoms with Crippen LogP contribution in [0.3, 0.4) is 0 Å². The maximum absolute atomic E-state index is 12.4. The van der Waals surface area contributed by atoms with Gasteiger partial charge in [-0.05, 0) is 24.9 Å². The first-order valence-corrected chi connectivity index (χ1v) is 9.22. The number of carbonyl (C=O) groups is 1. The van der Waals surface area contributed by atoms with Crippen LogP contribution in [-0.4, -0.2) is 52.6 Å². The Labute approximate surface area is 145 Å². The Bertz CT molecular complexity index is 734. The summed E-state index contributed by atoms with van der Waals surface area (Å²) in [6.07, 6.45) is 0.970. The second kappa shape index (κ2) is 5.67. The van der Waals surface area contributed by atoms with Crippen LogP contribution in [0.4, 0.5) is 0 Å². The largest absolute Gasteiger partial charge is 0.423 e. The van der Waals surface area contributed by atoms with E-state index in [4.69, 9.17) is 4.42 Å². The molecule has 2 aromatic heterocycles. The second-order valence-corrected chi connectivity index (χ2v) is 8.35. The third-order valence-electron chi connectivity index (χ3n) is 5.05. The molecule has 24 heavy (non-hydrogen) atoms. The maximum atomic E-state index is 12.4. The molecule has 1 amide bonds. The summed E-state index contributed by atoms with van der Waals surface area (Å²) in [6.45, 7) is 6.70. The lowest BCUT2D eigenvalue weighted by Crippen LogP contribution is -2.59. The van der Waals surface area contributed by atoms with Crippen molar-refractivity contribution in [3.63, 3.8) is 0 Å². The van der Waals surface area contributed by atoms with Crippen molar-refractivity contribution in [1.29, 1.82) is 0 Å². The Morgan fingerprint density at radius 3 is 2.79 bits per heavy atom. The van der Waals surface area contributed by atoms with Crippen LogP contribution in [0, 0.1) is 5.41 Å². The van der Waals surface area contributed by atoms with Gasteiger partial charge >= 0.3 is 0 Å². The average molecular weight is 346 g/mol. The fourth-order valence-electron chi connectivity index (χ4n) is 3.85. The third kappa shape index (κ3) is 2.56. The van der Waals surface area contributed by atoms with E-state index in [0.717, 1.165) is 30.9 Å². The van der Waals surface area contributed by atoms with Gasteiger partial charge in [0, 0.05) is 31.0 Å². The summed E-state index contributed by atoms with van der Waals surface area (Å²) in [5, 5.41) is 10.4. The highest BCUT2D eigenvalue weighted by Crippen LogP contribution is 2.47. The molecule has 2 aromatic rings.